The van der Waals surface area contributed by atoms with Crippen LogP contribution in [0.1, 0.15) is 46.0 Å². The molecular formula is C12H23N3O. The van der Waals surface area contributed by atoms with Crippen molar-refractivity contribution in [2.45, 2.75) is 52.0 Å². The zero-order valence-electron chi connectivity index (χ0n) is 10.3. The first-order valence-electron chi connectivity index (χ1n) is 6.15. The highest BCUT2D eigenvalue weighted by atomic mass is 16.1. The minimum absolute atomic E-state index is 0.111. The van der Waals surface area contributed by atoms with Crippen LogP contribution in [0.2, 0.25) is 0 Å². The van der Waals surface area contributed by atoms with E-state index in [1.807, 2.05) is 13.8 Å². The van der Waals surface area contributed by atoms with Crippen LogP contribution in [-0.4, -0.2) is 17.8 Å². The number of nitrogens with zero attached hydrogens (tertiary/aromatic N) is 1. The molecule has 1 rings (SSSR count). The fourth-order valence-electron chi connectivity index (χ4n) is 2.21. The van der Waals surface area contributed by atoms with Crippen LogP contribution in [0.5, 0.6) is 0 Å². The van der Waals surface area contributed by atoms with E-state index >= 15 is 0 Å². The molecule has 4 nitrogen and oxygen atoms in total. The molecule has 4 heteroatoms. The number of carbonyl (C=O) groups is 1. The molecule has 0 aromatic rings. The average Bonchev–Trinajstić information content (AvgIpc) is 2.25. The van der Waals surface area contributed by atoms with Gasteiger partial charge in [0.15, 0.2) is 0 Å². The number of hydrogen-bond donors (Lipinski definition) is 2. The van der Waals surface area contributed by atoms with Crippen molar-refractivity contribution in [1.82, 2.24) is 0 Å². The third kappa shape index (κ3) is 3.51. The molecule has 1 aliphatic carbocycles. The second kappa shape index (κ2) is 5.87. The minimum Gasteiger partial charge on any atom is -0.387 e. The number of hydrogen-bond acceptors (Lipinski definition) is 2. The quantitative estimate of drug-likeness (QED) is 0.560. The largest absolute Gasteiger partial charge is 0.387 e. The van der Waals surface area contributed by atoms with Crippen molar-refractivity contribution in [3.63, 3.8) is 0 Å². The van der Waals surface area contributed by atoms with Gasteiger partial charge in [-0.3, -0.25) is 9.79 Å². The Morgan fingerprint density at radius 1 is 1.19 bits per heavy atom. The van der Waals surface area contributed by atoms with Crippen molar-refractivity contribution < 1.29 is 4.79 Å². The molecule has 16 heavy (non-hydrogen) atoms. The standard InChI is InChI=1S/C12H23N3O/c1-8(2)10(12(14)16)15-11(13)9-6-4-3-5-7-9/h8-10H,3-7H2,1-2H3,(H2,13,15)(H2,14,16). The van der Waals surface area contributed by atoms with Gasteiger partial charge in [0.05, 0.1) is 5.84 Å². The summed E-state index contributed by atoms with van der Waals surface area (Å²) in [5.41, 5.74) is 11.3. The second-order valence-corrected chi connectivity index (χ2v) is 4.98. The highest BCUT2D eigenvalue weighted by Gasteiger charge is 2.22. The Hall–Kier alpha value is -1.06. The van der Waals surface area contributed by atoms with Crippen molar-refractivity contribution in [1.29, 1.82) is 0 Å². The molecule has 0 aliphatic heterocycles. The van der Waals surface area contributed by atoms with Gasteiger partial charge in [0, 0.05) is 5.92 Å². The lowest BCUT2D eigenvalue weighted by Crippen LogP contribution is -2.36. The summed E-state index contributed by atoms with van der Waals surface area (Å²) in [4.78, 5) is 15.5. The van der Waals surface area contributed by atoms with Crippen molar-refractivity contribution in [3.05, 3.63) is 0 Å². The van der Waals surface area contributed by atoms with Gasteiger partial charge in [-0.05, 0) is 18.8 Å². The Labute approximate surface area is 97.5 Å². The van der Waals surface area contributed by atoms with Gasteiger partial charge in [0.1, 0.15) is 6.04 Å². The molecule has 4 N–H and O–H groups in total. The molecule has 1 fully saturated rings. The third-order valence-electron chi connectivity index (χ3n) is 3.23. The van der Waals surface area contributed by atoms with Gasteiger partial charge in [0.25, 0.3) is 0 Å². The summed E-state index contributed by atoms with van der Waals surface area (Å²) >= 11 is 0. The fraction of sp³-hybridized carbons (Fsp3) is 0.833. The van der Waals surface area contributed by atoms with E-state index in [9.17, 15) is 4.79 Å². The maximum Gasteiger partial charge on any atom is 0.242 e. The monoisotopic (exact) mass is 225 g/mol. The van der Waals surface area contributed by atoms with Crippen LogP contribution in [0.3, 0.4) is 0 Å². The predicted molar refractivity (Wildman–Crippen MR) is 66.0 cm³/mol. The lowest BCUT2D eigenvalue weighted by atomic mass is 9.88. The van der Waals surface area contributed by atoms with E-state index in [-0.39, 0.29) is 11.8 Å². The number of primary amides is 1. The molecule has 0 aromatic heterocycles. The van der Waals surface area contributed by atoms with Crippen molar-refractivity contribution in [2.75, 3.05) is 0 Å². The smallest absolute Gasteiger partial charge is 0.242 e. The maximum absolute atomic E-state index is 11.2. The zero-order chi connectivity index (χ0) is 12.1. The Morgan fingerprint density at radius 2 is 1.75 bits per heavy atom. The fourth-order valence-corrected chi connectivity index (χ4v) is 2.21. The first-order chi connectivity index (χ1) is 7.52. The lowest BCUT2D eigenvalue weighted by molar-refractivity contribution is -0.120. The Balaban J connectivity index is 2.68. The van der Waals surface area contributed by atoms with Crippen LogP contribution >= 0.6 is 0 Å². The van der Waals surface area contributed by atoms with E-state index in [4.69, 9.17) is 11.5 Å². The third-order valence-corrected chi connectivity index (χ3v) is 3.23. The summed E-state index contributed by atoms with van der Waals surface area (Å²) in [5.74, 6) is 0.708. The van der Waals surface area contributed by atoms with E-state index in [0.29, 0.717) is 11.8 Å². The highest BCUT2D eigenvalue weighted by Crippen LogP contribution is 2.24. The summed E-state index contributed by atoms with van der Waals surface area (Å²) < 4.78 is 0. The Kier molecular flexibility index (Phi) is 4.77. The molecule has 0 aromatic carbocycles. The first kappa shape index (κ1) is 13.0. The number of carbonyl (C=O) groups excluding carboxylic acids is 1. The van der Waals surface area contributed by atoms with Gasteiger partial charge >= 0.3 is 0 Å². The summed E-state index contributed by atoms with van der Waals surface area (Å²) in [6, 6.07) is -0.470. The number of rotatable bonds is 4. The second-order valence-electron chi connectivity index (χ2n) is 4.98. The number of nitrogens with two attached hydrogens (primary N) is 2. The molecule has 0 bridgehead atoms. The van der Waals surface area contributed by atoms with E-state index in [1.54, 1.807) is 0 Å². The molecule has 0 heterocycles. The van der Waals surface area contributed by atoms with Gasteiger partial charge in [-0.15, -0.1) is 0 Å². The number of aliphatic imine (C=N–C) groups is 1. The molecule has 0 spiro atoms. The topological polar surface area (TPSA) is 81.5 Å². The first-order valence-corrected chi connectivity index (χ1v) is 6.15. The van der Waals surface area contributed by atoms with Crippen LogP contribution in [0.25, 0.3) is 0 Å². The van der Waals surface area contributed by atoms with Crippen LogP contribution < -0.4 is 11.5 Å². The van der Waals surface area contributed by atoms with E-state index < -0.39 is 6.04 Å². The van der Waals surface area contributed by atoms with Crippen LogP contribution in [0.15, 0.2) is 4.99 Å². The molecule has 92 valence electrons. The SMILES string of the molecule is CC(C)C(N=C(N)C1CCCCC1)C(N)=O. The normalized spacial score (nSPS) is 21.1. The van der Waals surface area contributed by atoms with Gasteiger partial charge < -0.3 is 11.5 Å². The Morgan fingerprint density at radius 3 is 2.19 bits per heavy atom. The maximum atomic E-state index is 11.2. The predicted octanol–water partition coefficient (Wildman–Crippen LogP) is 1.43. The van der Waals surface area contributed by atoms with Crippen LogP contribution in [-0.2, 0) is 4.79 Å². The number of amidine groups is 1. The molecule has 1 atom stereocenters. The number of amides is 1. The minimum atomic E-state index is -0.470. The van der Waals surface area contributed by atoms with Crippen molar-refractivity contribution in [2.24, 2.45) is 28.3 Å². The molecule has 1 amide bonds. The lowest BCUT2D eigenvalue weighted by Gasteiger charge is -2.22. The summed E-state index contributed by atoms with van der Waals surface area (Å²) in [6.45, 7) is 3.88. The molecule has 0 radical (unpaired) electrons. The molecule has 1 saturated carbocycles. The molecular weight excluding hydrogens is 202 g/mol. The van der Waals surface area contributed by atoms with Gasteiger partial charge in [-0.1, -0.05) is 33.1 Å². The zero-order valence-corrected chi connectivity index (χ0v) is 10.3. The van der Waals surface area contributed by atoms with E-state index in [1.165, 1.54) is 19.3 Å². The highest BCUT2D eigenvalue weighted by molar-refractivity contribution is 5.88. The molecule has 0 saturated heterocycles. The van der Waals surface area contributed by atoms with Crippen LogP contribution in [0.4, 0.5) is 0 Å². The van der Waals surface area contributed by atoms with E-state index in [0.717, 1.165) is 12.8 Å². The summed E-state index contributed by atoms with van der Waals surface area (Å²) in [5, 5.41) is 0. The van der Waals surface area contributed by atoms with Gasteiger partial charge in [0.2, 0.25) is 5.91 Å². The van der Waals surface area contributed by atoms with Gasteiger partial charge in [-0.2, -0.15) is 0 Å². The van der Waals surface area contributed by atoms with Gasteiger partial charge in [-0.25, -0.2) is 0 Å². The average molecular weight is 225 g/mol. The Bertz CT molecular complexity index is 267. The summed E-state index contributed by atoms with van der Waals surface area (Å²) in [7, 11) is 0. The molecule has 1 aliphatic rings. The van der Waals surface area contributed by atoms with Crippen molar-refractivity contribution in [3.8, 4) is 0 Å². The van der Waals surface area contributed by atoms with Crippen LogP contribution in [0, 0.1) is 11.8 Å². The van der Waals surface area contributed by atoms with Crippen molar-refractivity contribution >= 4 is 11.7 Å². The summed E-state index contributed by atoms with van der Waals surface area (Å²) in [6.07, 6.45) is 5.90. The molecule has 1 unspecified atom stereocenters. The van der Waals surface area contributed by atoms with E-state index in [2.05, 4.69) is 4.99 Å².